The van der Waals surface area contributed by atoms with Crippen LogP contribution in [0.1, 0.15) is 19.3 Å². The van der Waals surface area contributed by atoms with Gasteiger partial charge in [0.2, 0.25) is 0 Å². The van der Waals surface area contributed by atoms with Crippen LogP contribution in [0.4, 0.5) is 0 Å². The number of aromatic carboxylic acids is 2. The first-order valence-corrected chi connectivity index (χ1v) is 5.57. The summed E-state index contributed by atoms with van der Waals surface area (Å²) in [6.07, 6.45) is 0. The molecule has 0 radical (unpaired) electrons. The van der Waals surface area contributed by atoms with E-state index < -0.39 is 36.7 Å². The first kappa shape index (κ1) is 11.6. The Morgan fingerprint density at radius 2 is 1.73 bits per heavy atom. The molecule has 0 aromatic carbocycles. The molecule has 0 unspecified atom stereocenters. The molecule has 15 heavy (non-hydrogen) atoms. The Morgan fingerprint density at radius 1 is 1.20 bits per heavy atom. The highest BCUT2D eigenvalue weighted by atomic mass is 32.2. The Morgan fingerprint density at radius 3 is 2.00 bits per heavy atom. The lowest BCUT2D eigenvalue weighted by molar-refractivity contribution is 0.0690. The molecule has 0 saturated carbocycles. The fraction of sp³-hybridized carbons (Fsp3) is 0. The van der Waals surface area contributed by atoms with Crippen molar-refractivity contribution in [1.29, 1.82) is 0 Å². The van der Waals surface area contributed by atoms with Crippen molar-refractivity contribution < 1.29 is 32.8 Å². The quantitative estimate of drug-likeness (QED) is 0.663. The van der Waals surface area contributed by atoms with E-state index in [1.807, 2.05) is 0 Å². The van der Waals surface area contributed by atoms with Gasteiger partial charge in [-0.05, 0) is 6.07 Å². The zero-order chi connectivity index (χ0) is 11.8. The summed E-state index contributed by atoms with van der Waals surface area (Å²) < 4.78 is 30.0. The van der Waals surface area contributed by atoms with Crippen LogP contribution in [0.25, 0.3) is 0 Å². The zero-order valence-corrected chi connectivity index (χ0v) is 8.50. The molecule has 0 fully saturated rings. The highest BCUT2D eigenvalue weighted by molar-refractivity contribution is 7.86. The molecule has 82 valence electrons. The largest absolute Gasteiger partial charge is 0.477 e. The molecule has 9 heteroatoms. The number of carboxylic acid groups (broad SMARTS) is 2. The van der Waals surface area contributed by atoms with Gasteiger partial charge in [-0.25, -0.2) is 9.59 Å². The minimum absolute atomic E-state index is 0.264. The first-order valence-electron chi connectivity index (χ1n) is 3.31. The van der Waals surface area contributed by atoms with Crippen LogP contribution in [0.2, 0.25) is 0 Å². The topological polar surface area (TPSA) is 129 Å². The molecule has 0 aliphatic rings. The second-order valence-corrected chi connectivity index (χ2v) is 4.83. The zero-order valence-electron chi connectivity index (χ0n) is 6.87. The summed E-state index contributed by atoms with van der Waals surface area (Å²) in [7, 11) is -4.72. The van der Waals surface area contributed by atoms with E-state index in [1.165, 1.54) is 0 Å². The summed E-state index contributed by atoms with van der Waals surface area (Å²) in [6, 6.07) is 0.603. The molecule has 0 spiro atoms. The van der Waals surface area contributed by atoms with E-state index in [9.17, 15) is 18.0 Å². The van der Waals surface area contributed by atoms with Crippen LogP contribution in [-0.4, -0.2) is 35.1 Å². The highest BCUT2D eigenvalue weighted by Crippen LogP contribution is 2.26. The minimum Gasteiger partial charge on any atom is -0.477 e. The number of hydrogen-bond acceptors (Lipinski definition) is 5. The lowest BCUT2D eigenvalue weighted by Crippen LogP contribution is -2.03. The van der Waals surface area contributed by atoms with Gasteiger partial charge in [0, 0.05) is 0 Å². The molecule has 1 aromatic rings. The maximum Gasteiger partial charge on any atom is 0.347 e. The smallest absolute Gasteiger partial charge is 0.347 e. The van der Waals surface area contributed by atoms with Gasteiger partial charge in [0.15, 0.2) is 0 Å². The number of hydrogen-bond donors (Lipinski definition) is 3. The fourth-order valence-electron chi connectivity index (χ4n) is 0.820. The number of rotatable bonds is 3. The van der Waals surface area contributed by atoms with Crippen LogP contribution in [0, 0.1) is 0 Å². The standard InChI is InChI=1S/C6H4O7S2/c7-5(8)2-1-3(15(11,12)13)4(14-2)6(9)10/h1H,(H,7,8)(H,9,10)(H,11,12,13). The predicted octanol–water partition coefficient (Wildman–Crippen LogP) is 0.391. The molecule has 0 amide bonds. The summed E-state index contributed by atoms with van der Waals surface area (Å²) in [5.74, 6) is -3.07. The van der Waals surface area contributed by atoms with Crippen LogP contribution in [0.15, 0.2) is 11.0 Å². The Labute approximate surface area is 87.3 Å². The summed E-state index contributed by atoms with van der Waals surface area (Å²) in [4.78, 5) is 18.9. The van der Waals surface area contributed by atoms with Gasteiger partial charge in [-0.3, -0.25) is 4.55 Å². The number of carboxylic acids is 2. The highest BCUT2D eigenvalue weighted by Gasteiger charge is 2.26. The molecule has 1 aromatic heterocycles. The monoisotopic (exact) mass is 252 g/mol. The molecule has 0 aliphatic carbocycles. The maximum atomic E-state index is 10.7. The molecule has 1 rings (SSSR count). The van der Waals surface area contributed by atoms with Crippen LogP contribution >= 0.6 is 11.3 Å². The molecular formula is C6H4O7S2. The van der Waals surface area contributed by atoms with Crippen molar-refractivity contribution in [1.82, 2.24) is 0 Å². The summed E-state index contributed by atoms with van der Waals surface area (Å²) in [5, 5.41) is 17.1. The van der Waals surface area contributed by atoms with Crippen molar-refractivity contribution in [3.8, 4) is 0 Å². The van der Waals surface area contributed by atoms with Crippen molar-refractivity contribution in [2.75, 3.05) is 0 Å². The van der Waals surface area contributed by atoms with E-state index in [1.54, 1.807) is 0 Å². The van der Waals surface area contributed by atoms with Crippen LogP contribution < -0.4 is 0 Å². The third-order valence-electron chi connectivity index (χ3n) is 1.38. The third-order valence-corrected chi connectivity index (χ3v) is 3.50. The first-order chi connectivity index (χ1) is 6.73. The van der Waals surface area contributed by atoms with E-state index in [0.29, 0.717) is 6.07 Å². The Balaban J connectivity index is 3.51. The lowest BCUT2D eigenvalue weighted by atomic mass is 10.4. The molecule has 3 N–H and O–H groups in total. The van der Waals surface area contributed by atoms with Gasteiger partial charge in [0.05, 0.1) is 0 Å². The van der Waals surface area contributed by atoms with Crippen LogP contribution in [0.5, 0.6) is 0 Å². The van der Waals surface area contributed by atoms with Gasteiger partial charge in [0.25, 0.3) is 10.1 Å². The minimum atomic E-state index is -4.72. The van der Waals surface area contributed by atoms with Gasteiger partial charge in [-0.1, -0.05) is 0 Å². The summed E-state index contributed by atoms with van der Waals surface area (Å²) >= 11 is 0.264. The number of thiophene rings is 1. The average molecular weight is 252 g/mol. The van der Waals surface area contributed by atoms with Gasteiger partial charge in [0.1, 0.15) is 14.6 Å². The van der Waals surface area contributed by atoms with E-state index >= 15 is 0 Å². The molecule has 0 bridgehead atoms. The molecule has 0 saturated heterocycles. The van der Waals surface area contributed by atoms with Gasteiger partial charge < -0.3 is 10.2 Å². The van der Waals surface area contributed by atoms with Gasteiger partial charge >= 0.3 is 11.9 Å². The van der Waals surface area contributed by atoms with Crippen molar-refractivity contribution in [3.05, 3.63) is 15.8 Å². The second kappa shape index (κ2) is 3.61. The molecular weight excluding hydrogens is 248 g/mol. The van der Waals surface area contributed by atoms with Crippen molar-refractivity contribution in [3.63, 3.8) is 0 Å². The summed E-state index contributed by atoms with van der Waals surface area (Å²) in [5.41, 5.74) is 0. The van der Waals surface area contributed by atoms with Crippen molar-refractivity contribution in [2.24, 2.45) is 0 Å². The maximum absolute atomic E-state index is 10.7. The molecule has 0 aliphatic heterocycles. The predicted molar refractivity (Wildman–Crippen MR) is 48.1 cm³/mol. The lowest BCUT2D eigenvalue weighted by Gasteiger charge is -1.92. The average Bonchev–Trinajstić information content (AvgIpc) is 2.45. The third kappa shape index (κ3) is 2.32. The number of carbonyl (C=O) groups is 2. The Bertz CT molecular complexity index is 524. The van der Waals surface area contributed by atoms with Crippen LogP contribution in [0.3, 0.4) is 0 Å². The normalized spacial score (nSPS) is 11.3. The van der Waals surface area contributed by atoms with Crippen molar-refractivity contribution >= 4 is 33.4 Å². The molecule has 0 atom stereocenters. The van der Waals surface area contributed by atoms with Crippen molar-refractivity contribution in [2.45, 2.75) is 4.90 Å². The Kier molecular flexibility index (Phi) is 2.79. The second-order valence-electron chi connectivity index (χ2n) is 2.39. The summed E-state index contributed by atoms with van der Waals surface area (Å²) in [6.45, 7) is 0. The molecule has 7 nitrogen and oxygen atoms in total. The molecule has 1 heterocycles. The van der Waals surface area contributed by atoms with E-state index in [2.05, 4.69) is 0 Å². The van der Waals surface area contributed by atoms with E-state index in [-0.39, 0.29) is 11.3 Å². The SMILES string of the molecule is O=C(O)c1cc(S(=O)(=O)O)c(C(=O)O)s1. The van der Waals surface area contributed by atoms with Gasteiger partial charge in [-0.2, -0.15) is 8.42 Å². The van der Waals surface area contributed by atoms with Crippen LogP contribution in [-0.2, 0) is 10.1 Å². The Hall–Kier alpha value is -1.45. The van der Waals surface area contributed by atoms with E-state index in [0.717, 1.165) is 0 Å². The fourth-order valence-corrected chi connectivity index (χ4v) is 2.66. The van der Waals surface area contributed by atoms with E-state index in [4.69, 9.17) is 14.8 Å². The van der Waals surface area contributed by atoms with Gasteiger partial charge in [-0.15, -0.1) is 11.3 Å².